The van der Waals surface area contributed by atoms with Crippen LogP contribution in [0.5, 0.6) is 0 Å². The first kappa shape index (κ1) is 17.1. The minimum absolute atomic E-state index is 0.105. The number of aromatic nitrogens is 2. The predicted octanol–water partition coefficient (Wildman–Crippen LogP) is 4.47. The number of amides is 1. The van der Waals surface area contributed by atoms with Crippen LogP contribution in [0.25, 0.3) is 0 Å². The van der Waals surface area contributed by atoms with Crippen LogP contribution >= 0.6 is 15.9 Å². The number of hydrogen-bond donors (Lipinski definition) is 2. The molecule has 0 fully saturated rings. The normalized spacial score (nSPS) is 11.6. The van der Waals surface area contributed by atoms with Gasteiger partial charge in [0.25, 0.3) is 5.91 Å². The van der Waals surface area contributed by atoms with Gasteiger partial charge in [-0.2, -0.15) is 0 Å². The minimum Gasteiger partial charge on any atom is -0.344 e. The van der Waals surface area contributed by atoms with Crippen LogP contribution in [0, 0.1) is 0 Å². The molecule has 3 rings (SSSR count). The summed E-state index contributed by atoms with van der Waals surface area (Å²) in [7, 11) is 0. The molecule has 1 aromatic heterocycles. The Labute approximate surface area is 154 Å². The van der Waals surface area contributed by atoms with Crippen molar-refractivity contribution >= 4 is 33.5 Å². The van der Waals surface area contributed by atoms with Crippen LogP contribution in [0.1, 0.15) is 29.0 Å². The van der Waals surface area contributed by atoms with E-state index in [2.05, 4.69) is 36.5 Å². The van der Waals surface area contributed by atoms with Crippen molar-refractivity contribution in [2.45, 2.75) is 13.0 Å². The maximum Gasteiger partial charge on any atom is 0.270 e. The third-order valence-corrected chi connectivity index (χ3v) is 4.16. The third-order valence-electron chi connectivity index (χ3n) is 3.64. The Hall–Kier alpha value is -2.73. The fourth-order valence-electron chi connectivity index (χ4n) is 2.30. The van der Waals surface area contributed by atoms with Crippen molar-refractivity contribution in [3.05, 3.63) is 82.6 Å². The molecule has 0 bridgehead atoms. The van der Waals surface area contributed by atoms with Crippen molar-refractivity contribution in [2.75, 3.05) is 5.32 Å². The zero-order valence-electron chi connectivity index (χ0n) is 13.6. The van der Waals surface area contributed by atoms with Gasteiger partial charge in [-0.05, 0) is 42.8 Å². The molecule has 0 aliphatic carbocycles. The molecule has 0 spiro atoms. The summed E-state index contributed by atoms with van der Waals surface area (Å²) < 4.78 is 0.988. The molecule has 6 heteroatoms. The topological polar surface area (TPSA) is 66.9 Å². The van der Waals surface area contributed by atoms with Gasteiger partial charge in [-0.15, -0.1) is 0 Å². The zero-order chi connectivity index (χ0) is 17.6. The number of nitrogens with one attached hydrogen (secondary N) is 2. The Bertz CT molecular complexity index is 853. The lowest BCUT2D eigenvalue weighted by molar-refractivity contribution is 0.0935. The highest BCUT2D eigenvalue weighted by Crippen LogP contribution is 2.17. The first-order valence-electron chi connectivity index (χ1n) is 7.83. The Balaban J connectivity index is 1.70. The summed E-state index contributed by atoms with van der Waals surface area (Å²) in [4.78, 5) is 20.9. The summed E-state index contributed by atoms with van der Waals surface area (Å²) in [6, 6.07) is 18.9. The molecule has 0 radical (unpaired) electrons. The van der Waals surface area contributed by atoms with Crippen molar-refractivity contribution in [3.8, 4) is 0 Å². The van der Waals surface area contributed by atoms with E-state index in [4.69, 9.17) is 0 Å². The second-order valence-electron chi connectivity index (χ2n) is 5.50. The Morgan fingerprint density at radius 3 is 2.48 bits per heavy atom. The van der Waals surface area contributed by atoms with E-state index in [0.29, 0.717) is 11.6 Å². The van der Waals surface area contributed by atoms with Crippen LogP contribution in [0.2, 0.25) is 0 Å². The molecule has 2 aromatic carbocycles. The van der Waals surface area contributed by atoms with E-state index in [1.165, 1.54) is 0 Å². The number of benzene rings is 2. The van der Waals surface area contributed by atoms with Crippen molar-refractivity contribution in [2.24, 2.45) is 0 Å². The average Bonchev–Trinajstić information content (AvgIpc) is 2.64. The number of carbonyl (C=O) groups is 1. The third kappa shape index (κ3) is 4.64. The van der Waals surface area contributed by atoms with Crippen LogP contribution in [0.3, 0.4) is 0 Å². The largest absolute Gasteiger partial charge is 0.344 e. The molecular weight excluding hydrogens is 380 g/mol. The molecule has 1 heterocycles. The van der Waals surface area contributed by atoms with E-state index < -0.39 is 0 Å². The lowest BCUT2D eigenvalue weighted by Crippen LogP contribution is -2.27. The minimum atomic E-state index is -0.238. The second-order valence-corrected chi connectivity index (χ2v) is 6.42. The lowest BCUT2D eigenvalue weighted by atomic mass is 10.1. The van der Waals surface area contributed by atoms with Crippen molar-refractivity contribution < 1.29 is 4.79 Å². The number of hydrogen-bond acceptors (Lipinski definition) is 4. The molecule has 5 nitrogen and oxygen atoms in total. The van der Waals surface area contributed by atoms with Crippen LogP contribution in [0.4, 0.5) is 11.6 Å². The first-order valence-corrected chi connectivity index (χ1v) is 8.62. The van der Waals surface area contributed by atoms with Gasteiger partial charge in [-0.25, -0.2) is 9.97 Å². The maximum absolute atomic E-state index is 12.4. The molecule has 1 amide bonds. The van der Waals surface area contributed by atoms with Crippen LogP contribution in [0.15, 0.2) is 71.3 Å². The number of carbonyl (C=O) groups excluding carboxylic acids is 1. The van der Waals surface area contributed by atoms with Gasteiger partial charge in [-0.3, -0.25) is 4.79 Å². The first-order chi connectivity index (χ1) is 12.1. The average molecular weight is 397 g/mol. The highest BCUT2D eigenvalue weighted by atomic mass is 79.9. The van der Waals surface area contributed by atoms with Crippen molar-refractivity contribution in [3.63, 3.8) is 0 Å². The predicted molar refractivity (Wildman–Crippen MR) is 102 cm³/mol. The van der Waals surface area contributed by atoms with Crippen LogP contribution in [-0.4, -0.2) is 15.9 Å². The Morgan fingerprint density at radius 1 is 1.04 bits per heavy atom. The highest BCUT2D eigenvalue weighted by molar-refractivity contribution is 9.10. The second kappa shape index (κ2) is 7.90. The summed E-state index contributed by atoms with van der Waals surface area (Å²) in [5.41, 5.74) is 2.20. The molecule has 3 aromatic rings. The van der Waals surface area contributed by atoms with Gasteiger partial charge in [0, 0.05) is 16.4 Å². The van der Waals surface area contributed by atoms with E-state index in [1.54, 1.807) is 12.3 Å². The van der Waals surface area contributed by atoms with Gasteiger partial charge in [0.2, 0.25) is 5.95 Å². The van der Waals surface area contributed by atoms with Gasteiger partial charge < -0.3 is 10.6 Å². The van der Waals surface area contributed by atoms with Crippen molar-refractivity contribution in [1.29, 1.82) is 0 Å². The van der Waals surface area contributed by atoms with Crippen molar-refractivity contribution in [1.82, 2.24) is 15.3 Å². The molecule has 0 aliphatic rings. The monoisotopic (exact) mass is 396 g/mol. The lowest BCUT2D eigenvalue weighted by Gasteiger charge is -2.14. The van der Waals surface area contributed by atoms with E-state index in [9.17, 15) is 4.79 Å². The summed E-state index contributed by atoms with van der Waals surface area (Å²) in [5.74, 6) is 0.139. The maximum atomic E-state index is 12.4. The quantitative estimate of drug-likeness (QED) is 0.667. The number of halogens is 1. The highest BCUT2D eigenvalue weighted by Gasteiger charge is 2.13. The molecule has 2 N–H and O–H groups in total. The molecule has 0 saturated heterocycles. The van der Waals surface area contributed by atoms with Gasteiger partial charge >= 0.3 is 0 Å². The fourth-order valence-corrected chi connectivity index (χ4v) is 2.57. The van der Waals surface area contributed by atoms with E-state index in [-0.39, 0.29) is 11.9 Å². The smallest absolute Gasteiger partial charge is 0.270 e. The fraction of sp³-hybridized carbons (Fsp3) is 0.105. The number of nitrogens with zero attached hydrogens (tertiary/aromatic N) is 2. The van der Waals surface area contributed by atoms with Crippen LogP contribution in [-0.2, 0) is 0 Å². The zero-order valence-corrected chi connectivity index (χ0v) is 15.2. The standard InChI is InChI=1S/C19H17BrN4O/c1-13(14-5-3-2-4-6-14)22-18(25)17-11-12-21-19(24-17)23-16-9-7-15(20)8-10-16/h2-13H,1H3,(H,22,25)(H,21,23,24). The van der Waals surface area contributed by atoms with E-state index in [1.807, 2.05) is 61.5 Å². The number of rotatable bonds is 5. The van der Waals surface area contributed by atoms with Gasteiger partial charge in [0.05, 0.1) is 6.04 Å². The van der Waals surface area contributed by atoms with Gasteiger partial charge in [-0.1, -0.05) is 46.3 Å². The van der Waals surface area contributed by atoms with E-state index >= 15 is 0 Å². The SMILES string of the molecule is CC(NC(=O)c1ccnc(Nc2ccc(Br)cc2)n1)c1ccccc1. The molecule has 0 saturated carbocycles. The molecule has 1 unspecified atom stereocenters. The Morgan fingerprint density at radius 2 is 1.76 bits per heavy atom. The molecule has 0 aliphatic heterocycles. The Kier molecular flexibility index (Phi) is 5.40. The number of anilines is 2. The summed E-state index contributed by atoms with van der Waals surface area (Å²) in [6.07, 6.45) is 1.57. The van der Waals surface area contributed by atoms with E-state index in [0.717, 1.165) is 15.7 Å². The summed E-state index contributed by atoms with van der Waals surface area (Å²) in [5, 5.41) is 6.04. The van der Waals surface area contributed by atoms with Crippen LogP contribution < -0.4 is 10.6 Å². The summed E-state index contributed by atoms with van der Waals surface area (Å²) >= 11 is 3.39. The summed E-state index contributed by atoms with van der Waals surface area (Å²) in [6.45, 7) is 1.94. The van der Waals surface area contributed by atoms with Gasteiger partial charge in [0.1, 0.15) is 5.69 Å². The molecule has 1 atom stereocenters. The van der Waals surface area contributed by atoms with Gasteiger partial charge in [0.15, 0.2) is 0 Å². The molecule has 25 heavy (non-hydrogen) atoms. The molecular formula is C19H17BrN4O. The molecule has 126 valence electrons.